The zero-order valence-electron chi connectivity index (χ0n) is 62.5. The molecule has 10 aromatic rings. The van der Waals surface area contributed by atoms with Gasteiger partial charge in [-0.1, -0.05) is 41.6 Å². The quantitative estimate of drug-likeness (QED) is 0.0300. The first-order chi connectivity index (χ1) is 47.1. The molecule has 1 aliphatic heterocycles. The molecule has 1 saturated heterocycles. The van der Waals surface area contributed by atoms with Crippen LogP contribution in [0.2, 0.25) is 0 Å². The molecule has 3 fully saturated rings. The van der Waals surface area contributed by atoms with Gasteiger partial charge in [0.15, 0.2) is 0 Å². The number of rotatable bonds is 11. The van der Waals surface area contributed by atoms with Gasteiger partial charge in [0.25, 0.3) is 6.47 Å². The minimum absolute atomic E-state index is 0. The van der Waals surface area contributed by atoms with Crippen LogP contribution >= 0.6 is 39.1 Å². The fourth-order valence-corrected chi connectivity index (χ4v) is 13.2. The molecule has 0 radical (unpaired) electrons. The minimum atomic E-state index is -0.476. The molecule has 103 heavy (non-hydrogen) atoms. The Kier molecular flexibility index (Phi) is 32.4. The van der Waals surface area contributed by atoms with Crippen LogP contribution in [0.25, 0.3) is 77.5 Å². The van der Waals surface area contributed by atoms with Crippen molar-refractivity contribution >= 4 is 114 Å². The smallest absolute Gasteiger partial charge is 1.00 e. The van der Waals surface area contributed by atoms with Crippen LogP contribution in [0, 0.1) is 11.8 Å². The molecule has 13 rings (SSSR count). The Labute approximate surface area is 740 Å². The average Bonchev–Trinajstić information content (AvgIpc) is 1.60. The summed E-state index contributed by atoms with van der Waals surface area (Å²) in [5, 5.41) is 18.8. The van der Waals surface area contributed by atoms with Gasteiger partial charge in [-0.2, -0.15) is 10.2 Å². The number of fused-ring (bicyclic) bond motifs is 6. The summed E-state index contributed by atoms with van der Waals surface area (Å²) in [4.78, 5) is 80.7. The summed E-state index contributed by atoms with van der Waals surface area (Å²) < 4.78 is 34.9. The molecule has 0 spiro atoms. The Hall–Kier alpha value is -3.96. The van der Waals surface area contributed by atoms with Crippen molar-refractivity contribution in [3.05, 3.63) is 136 Å². The van der Waals surface area contributed by atoms with Crippen molar-refractivity contribution in [2.75, 3.05) is 0 Å². The van der Waals surface area contributed by atoms with Crippen molar-refractivity contribution in [3.8, 4) is 33.6 Å². The molecule has 3 aliphatic rings. The number of esters is 2. The number of halogens is 3. The number of carbonyl (C=O) groups excluding carboxylic acids is 3. The number of ether oxygens (including phenoxy) is 2. The van der Waals surface area contributed by atoms with Crippen molar-refractivity contribution in [1.82, 2.24) is 57.8 Å². The number of hydrogen-bond donors (Lipinski definition) is 0. The molecule has 0 amide bonds. The summed E-state index contributed by atoms with van der Waals surface area (Å²) in [5.74, 6) is 0.319. The normalized spacial score (nSPS) is 17.5. The van der Waals surface area contributed by atoms with E-state index in [2.05, 4.69) is 69.1 Å². The monoisotopic (exact) mass is 1750 g/mol. The molecule has 0 bridgehead atoms. The summed E-state index contributed by atoms with van der Waals surface area (Å²) in [7, 11) is 7.03. The van der Waals surface area contributed by atoms with Gasteiger partial charge in [-0.15, -0.1) is 23.2 Å². The van der Waals surface area contributed by atoms with Crippen molar-refractivity contribution in [3.63, 3.8) is 0 Å². The largest absolute Gasteiger partial charge is 1.00 e. The average molecular weight is 1760 g/mol. The van der Waals surface area contributed by atoms with Crippen molar-refractivity contribution < 1.29 is 183 Å². The van der Waals surface area contributed by atoms with E-state index in [0.29, 0.717) is 18.8 Å². The summed E-state index contributed by atoms with van der Waals surface area (Å²) in [6, 6.07) is 20.4. The minimum Gasteiger partial charge on any atom is -1.00 e. The van der Waals surface area contributed by atoms with Crippen LogP contribution in [-0.2, 0) is 66.2 Å². The first kappa shape index (κ1) is 87.9. The maximum absolute atomic E-state index is 13.6. The number of alkyl halides is 2. The van der Waals surface area contributed by atoms with Crippen LogP contribution in [0.15, 0.2) is 124 Å². The number of hydrogen-bond acceptors (Lipinski definition) is 17. The van der Waals surface area contributed by atoms with E-state index >= 15 is 0 Å². The molecule has 542 valence electrons. The molecule has 0 N–H and O–H groups in total. The van der Waals surface area contributed by atoms with Crippen LogP contribution < -0.4 is 160 Å². The fourth-order valence-electron chi connectivity index (χ4n) is 12.9. The van der Waals surface area contributed by atoms with Crippen LogP contribution in [0.3, 0.4) is 0 Å². The van der Waals surface area contributed by atoms with Gasteiger partial charge >= 0.3 is 168 Å². The number of benzene rings is 2. The van der Waals surface area contributed by atoms with Crippen molar-refractivity contribution in [1.29, 1.82) is 0 Å². The van der Waals surface area contributed by atoms with E-state index in [1.165, 1.54) is 0 Å². The van der Waals surface area contributed by atoms with Crippen molar-refractivity contribution in [2.45, 2.75) is 187 Å². The molecular weight excluding hydrogens is 1660 g/mol. The van der Waals surface area contributed by atoms with Crippen LogP contribution in [0.5, 0.6) is 0 Å². The number of carbonyl (C=O) groups is 3. The molecule has 0 unspecified atom stereocenters. The standard InChI is InChI=1S/C32H36N6O3.C23H28BrN3O3.C15H20BN3O2.C2H4Cl2.CH2O3.CH4.2Cs.H/c1-32(2,3)41-29(39)14-20-6-10-24(11-7-20)38-30-25-15-21(8-13-27(25)34-18-28(30)37(5)31(38)40)22-9-12-26(33-16-22)23-17-35-36(4)19-23;1-23(2,3)30-20(28)11-14-5-8-16(9-6-14)27-21-17-12-15(24)7-10-18(17)25-13-19(21)26(4)22(27)29;1-14(2)15(3,4)21-16(20-14)12-6-7-13(17-9-12)11-8-18-19(5)10-11;1-2(3)4;2-1-4-3;;;;/h8-9,12-13,15-20,24H,6-7,10-11,14H2,1-5H3;7,10,12-14,16H,5-6,8-9,11H2,1-4H3;6-10H,1-5H3;2H,1H3;1,3H;1H4;;;/q;;;;;;2*+1;-1/p-1. The molecule has 0 atom stereocenters. The van der Waals surface area contributed by atoms with Gasteiger partial charge < -0.3 is 30.4 Å². The van der Waals surface area contributed by atoms with Gasteiger partial charge in [-0.3, -0.25) is 62.0 Å². The van der Waals surface area contributed by atoms with Crippen LogP contribution in [0.4, 0.5) is 0 Å². The van der Waals surface area contributed by atoms with Gasteiger partial charge in [0, 0.05) is 115 Å². The number of pyridine rings is 4. The Balaban J connectivity index is 0.000000272. The first-order valence-corrected chi connectivity index (χ1v) is 35.2. The molecule has 8 aromatic heterocycles. The van der Waals surface area contributed by atoms with E-state index in [4.69, 9.17) is 52.0 Å². The van der Waals surface area contributed by atoms with Crippen LogP contribution in [-0.4, -0.2) is 111 Å². The number of nitrogens with zero attached hydrogens (tertiary/aromatic N) is 12. The summed E-state index contributed by atoms with van der Waals surface area (Å²) in [6.45, 7) is 21.1. The molecular formula is C74H94BBrCl2Cs2N12O11. The number of imidazole rings is 2. The molecule has 2 aromatic carbocycles. The third-order valence-electron chi connectivity index (χ3n) is 18.4. The maximum atomic E-state index is 13.6. The third kappa shape index (κ3) is 22.6. The summed E-state index contributed by atoms with van der Waals surface area (Å²) in [6.07, 6.45) is 22.7. The topological polar surface area (TPSA) is 261 Å². The van der Waals surface area contributed by atoms with Gasteiger partial charge in [0.05, 0.1) is 80.5 Å². The summed E-state index contributed by atoms with van der Waals surface area (Å²) in [5.41, 5.74) is 10.3. The van der Waals surface area contributed by atoms with E-state index in [1.807, 2.05) is 167 Å². The Morgan fingerprint density at radius 2 is 1.02 bits per heavy atom. The molecule has 23 nitrogen and oxygen atoms in total. The van der Waals surface area contributed by atoms with Gasteiger partial charge in [-0.05, 0) is 187 Å². The second-order valence-electron chi connectivity index (χ2n) is 28.7. The molecule has 29 heteroatoms. The predicted octanol–water partition coefficient (Wildman–Crippen LogP) is 7.71. The van der Waals surface area contributed by atoms with E-state index in [0.717, 1.165) is 139 Å². The summed E-state index contributed by atoms with van der Waals surface area (Å²) >= 11 is 13.6. The molecule has 9 heterocycles. The second-order valence-corrected chi connectivity index (χ2v) is 31.2. The van der Waals surface area contributed by atoms with E-state index in [1.54, 1.807) is 57.3 Å². The van der Waals surface area contributed by atoms with Gasteiger partial charge in [-0.25, -0.2) is 9.59 Å². The maximum Gasteiger partial charge on any atom is 1.00 e. The Morgan fingerprint density at radius 3 is 1.39 bits per heavy atom. The van der Waals surface area contributed by atoms with E-state index in [-0.39, 0.29) is 218 Å². The second kappa shape index (κ2) is 37.9. The van der Waals surface area contributed by atoms with E-state index in [9.17, 15) is 19.2 Å². The van der Waals surface area contributed by atoms with Crippen LogP contribution in [0.1, 0.15) is 161 Å². The van der Waals surface area contributed by atoms with Gasteiger partial charge in [0.1, 0.15) is 16.0 Å². The van der Waals surface area contributed by atoms with Gasteiger partial charge in [0.2, 0.25) is 0 Å². The Morgan fingerprint density at radius 1 is 0.621 bits per heavy atom. The zero-order valence-corrected chi connectivity index (χ0v) is 77.2. The Bertz CT molecular complexity index is 4630. The zero-order chi connectivity index (χ0) is 72.8. The van der Waals surface area contributed by atoms with Crippen molar-refractivity contribution in [2.24, 2.45) is 40.0 Å². The SMILES string of the molecule is C.CC(Cl)Cl.Cn1c(=O)n(C2CCC(CC(=O)OC(C)(C)C)CC2)c2c3cc(Br)ccc3ncc21.Cn1cc(-c2ccc(-c3ccc4ncc5c(c4c3)n(C3CCC(CC(=O)OC(C)(C)C)CC3)c(=O)n5C)cn2)cn1.Cn1cc(-c2ccc(B3OC(C)(C)C(C)(C)O3)cn2)cn1.O=CO[O-].[Cs+].[Cs+].[H-]. The fraction of sp³-hybridized carbons (Fsp3) is 0.473. The third-order valence-corrected chi connectivity index (χ3v) is 18.8. The number of aromatic nitrogens is 12. The van der Waals surface area contributed by atoms with E-state index < -0.39 is 11.2 Å². The first-order valence-electron chi connectivity index (χ1n) is 33.5. The number of aryl methyl sites for hydroxylation is 4. The predicted molar refractivity (Wildman–Crippen MR) is 399 cm³/mol. The molecule has 2 saturated carbocycles. The molecule has 2 aliphatic carbocycles.